The molecule has 0 unspecified atom stereocenters. The third-order valence-corrected chi connectivity index (χ3v) is 4.35. The molecule has 0 saturated heterocycles. The standard InChI is InChI=1S/C14H19BrFNO/c1-17-12-4-6-14(18,7-5-12)9-10-8-11(15)2-3-13(10)16/h2-3,8,12,17-18H,4-7,9H2,1H3. The fourth-order valence-corrected chi connectivity index (χ4v) is 3.06. The summed E-state index contributed by atoms with van der Waals surface area (Å²) in [6.45, 7) is 0. The molecule has 0 radical (unpaired) electrons. The maximum Gasteiger partial charge on any atom is 0.126 e. The summed E-state index contributed by atoms with van der Waals surface area (Å²) >= 11 is 3.34. The topological polar surface area (TPSA) is 32.3 Å². The molecule has 0 spiro atoms. The third-order valence-electron chi connectivity index (χ3n) is 3.85. The van der Waals surface area contributed by atoms with Gasteiger partial charge in [-0.25, -0.2) is 4.39 Å². The zero-order chi connectivity index (χ0) is 13.2. The summed E-state index contributed by atoms with van der Waals surface area (Å²) in [5, 5.41) is 13.8. The molecule has 1 aromatic carbocycles. The molecule has 0 aromatic heterocycles. The van der Waals surface area contributed by atoms with Crippen LogP contribution in [0.15, 0.2) is 22.7 Å². The highest BCUT2D eigenvalue weighted by Crippen LogP contribution is 2.32. The van der Waals surface area contributed by atoms with Crippen molar-refractivity contribution < 1.29 is 9.50 Å². The molecule has 0 aliphatic heterocycles. The van der Waals surface area contributed by atoms with Gasteiger partial charge in [-0.3, -0.25) is 0 Å². The van der Waals surface area contributed by atoms with Crippen LogP contribution in [0.3, 0.4) is 0 Å². The summed E-state index contributed by atoms with van der Waals surface area (Å²) in [4.78, 5) is 0. The zero-order valence-electron chi connectivity index (χ0n) is 10.5. The second kappa shape index (κ2) is 5.68. The van der Waals surface area contributed by atoms with Gasteiger partial charge in [-0.1, -0.05) is 15.9 Å². The van der Waals surface area contributed by atoms with Crippen LogP contribution in [0.1, 0.15) is 31.2 Å². The summed E-state index contributed by atoms with van der Waals surface area (Å²) < 4.78 is 14.5. The Balaban J connectivity index is 2.06. The predicted molar refractivity (Wildman–Crippen MR) is 74.1 cm³/mol. The van der Waals surface area contributed by atoms with Gasteiger partial charge in [-0.15, -0.1) is 0 Å². The van der Waals surface area contributed by atoms with Crippen molar-refractivity contribution in [3.8, 4) is 0 Å². The quantitative estimate of drug-likeness (QED) is 0.898. The van der Waals surface area contributed by atoms with Crippen LogP contribution in [0.25, 0.3) is 0 Å². The summed E-state index contributed by atoms with van der Waals surface area (Å²) in [6, 6.07) is 5.37. The van der Waals surface area contributed by atoms with Crippen molar-refractivity contribution in [2.45, 2.75) is 43.7 Å². The Bertz CT molecular complexity index is 416. The van der Waals surface area contributed by atoms with Crippen LogP contribution in [-0.2, 0) is 6.42 Å². The molecule has 0 amide bonds. The van der Waals surface area contributed by atoms with E-state index in [-0.39, 0.29) is 5.82 Å². The van der Waals surface area contributed by atoms with E-state index in [0.717, 1.165) is 30.2 Å². The van der Waals surface area contributed by atoms with Gasteiger partial charge < -0.3 is 10.4 Å². The molecule has 1 aliphatic carbocycles. The molecule has 2 rings (SSSR count). The van der Waals surface area contributed by atoms with Crippen molar-refractivity contribution in [2.75, 3.05) is 7.05 Å². The van der Waals surface area contributed by atoms with E-state index in [1.807, 2.05) is 7.05 Å². The number of aliphatic hydroxyl groups is 1. The van der Waals surface area contributed by atoms with Gasteiger partial charge in [-0.2, -0.15) is 0 Å². The Kier molecular flexibility index (Phi) is 4.41. The minimum Gasteiger partial charge on any atom is -0.390 e. The number of rotatable bonds is 3. The maximum atomic E-state index is 13.7. The lowest BCUT2D eigenvalue weighted by Crippen LogP contribution is -2.41. The molecule has 2 N–H and O–H groups in total. The molecule has 0 atom stereocenters. The van der Waals surface area contributed by atoms with Crippen LogP contribution < -0.4 is 5.32 Å². The van der Waals surface area contributed by atoms with Crippen LogP contribution in [-0.4, -0.2) is 23.8 Å². The number of nitrogens with one attached hydrogen (secondary N) is 1. The van der Waals surface area contributed by atoms with Gasteiger partial charge in [0.1, 0.15) is 5.82 Å². The van der Waals surface area contributed by atoms with Crippen molar-refractivity contribution in [3.05, 3.63) is 34.1 Å². The van der Waals surface area contributed by atoms with Crippen LogP contribution in [0, 0.1) is 5.82 Å². The Hall–Kier alpha value is -0.450. The molecule has 100 valence electrons. The van der Waals surface area contributed by atoms with Crippen LogP contribution in [0.5, 0.6) is 0 Å². The lowest BCUT2D eigenvalue weighted by Gasteiger charge is -2.36. The first-order valence-electron chi connectivity index (χ1n) is 6.36. The maximum absolute atomic E-state index is 13.7. The predicted octanol–water partition coefficient (Wildman–Crippen LogP) is 3.02. The molecular formula is C14H19BrFNO. The Morgan fingerprint density at radius 2 is 2.11 bits per heavy atom. The molecule has 18 heavy (non-hydrogen) atoms. The second-order valence-corrected chi connectivity index (χ2v) is 6.12. The van der Waals surface area contributed by atoms with Crippen LogP contribution >= 0.6 is 15.9 Å². The molecular weight excluding hydrogens is 297 g/mol. The molecule has 2 nitrogen and oxygen atoms in total. The SMILES string of the molecule is CNC1CCC(O)(Cc2cc(Br)ccc2F)CC1. The summed E-state index contributed by atoms with van der Waals surface area (Å²) in [7, 11) is 1.95. The highest BCUT2D eigenvalue weighted by Gasteiger charge is 2.33. The van der Waals surface area contributed by atoms with Gasteiger partial charge >= 0.3 is 0 Å². The van der Waals surface area contributed by atoms with Gasteiger partial charge in [0.15, 0.2) is 0 Å². The molecule has 0 heterocycles. The number of hydrogen-bond donors (Lipinski definition) is 2. The van der Waals surface area contributed by atoms with E-state index in [9.17, 15) is 9.50 Å². The molecule has 4 heteroatoms. The van der Waals surface area contributed by atoms with Crippen molar-refractivity contribution in [1.82, 2.24) is 5.32 Å². The second-order valence-electron chi connectivity index (χ2n) is 5.20. The molecule has 1 saturated carbocycles. The first-order valence-corrected chi connectivity index (χ1v) is 7.15. The van der Waals surface area contributed by atoms with Crippen molar-refractivity contribution in [2.24, 2.45) is 0 Å². The number of hydrogen-bond acceptors (Lipinski definition) is 2. The van der Waals surface area contributed by atoms with Crippen LogP contribution in [0.4, 0.5) is 4.39 Å². The first-order chi connectivity index (χ1) is 8.52. The zero-order valence-corrected chi connectivity index (χ0v) is 12.1. The van der Waals surface area contributed by atoms with E-state index in [4.69, 9.17) is 0 Å². The highest BCUT2D eigenvalue weighted by molar-refractivity contribution is 9.10. The van der Waals surface area contributed by atoms with Gasteiger partial charge in [-0.05, 0) is 56.5 Å². The van der Waals surface area contributed by atoms with E-state index >= 15 is 0 Å². The van der Waals surface area contributed by atoms with Gasteiger partial charge in [0.2, 0.25) is 0 Å². The number of benzene rings is 1. The van der Waals surface area contributed by atoms with Gasteiger partial charge in [0, 0.05) is 16.9 Å². The normalized spacial score (nSPS) is 28.3. The fraction of sp³-hybridized carbons (Fsp3) is 0.571. The average molecular weight is 316 g/mol. The van der Waals surface area contributed by atoms with E-state index in [0.29, 0.717) is 18.0 Å². The molecule has 1 fully saturated rings. The van der Waals surface area contributed by atoms with Crippen molar-refractivity contribution >= 4 is 15.9 Å². The van der Waals surface area contributed by atoms with E-state index in [1.165, 1.54) is 6.07 Å². The Morgan fingerprint density at radius 3 is 2.72 bits per heavy atom. The average Bonchev–Trinajstić information content (AvgIpc) is 2.35. The van der Waals surface area contributed by atoms with Gasteiger partial charge in [0.25, 0.3) is 0 Å². The Labute approximate surface area is 116 Å². The summed E-state index contributed by atoms with van der Waals surface area (Å²) in [6.07, 6.45) is 3.74. The monoisotopic (exact) mass is 315 g/mol. The first kappa shape index (κ1) is 14.0. The number of halogens is 2. The summed E-state index contributed by atoms with van der Waals surface area (Å²) in [5.74, 6) is -0.234. The third kappa shape index (κ3) is 3.31. The minimum atomic E-state index is -0.755. The van der Waals surface area contributed by atoms with E-state index in [2.05, 4.69) is 21.2 Å². The lowest BCUT2D eigenvalue weighted by molar-refractivity contribution is -0.00309. The van der Waals surface area contributed by atoms with E-state index in [1.54, 1.807) is 12.1 Å². The smallest absolute Gasteiger partial charge is 0.126 e. The lowest BCUT2D eigenvalue weighted by atomic mass is 9.78. The fourth-order valence-electron chi connectivity index (χ4n) is 2.65. The Morgan fingerprint density at radius 1 is 1.44 bits per heavy atom. The van der Waals surface area contributed by atoms with Crippen molar-refractivity contribution in [3.63, 3.8) is 0 Å². The molecule has 1 aliphatic rings. The molecule has 1 aromatic rings. The minimum absolute atomic E-state index is 0.234. The van der Waals surface area contributed by atoms with Gasteiger partial charge in [0.05, 0.1) is 5.60 Å². The molecule has 0 bridgehead atoms. The van der Waals surface area contributed by atoms with Crippen LogP contribution in [0.2, 0.25) is 0 Å². The highest BCUT2D eigenvalue weighted by atomic mass is 79.9. The van der Waals surface area contributed by atoms with Crippen molar-refractivity contribution in [1.29, 1.82) is 0 Å². The largest absolute Gasteiger partial charge is 0.390 e. The van der Waals surface area contributed by atoms with E-state index < -0.39 is 5.60 Å². The summed E-state index contributed by atoms with van der Waals surface area (Å²) in [5.41, 5.74) is -0.163.